The van der Waals surface area contributed by atoms with Crippen molar-refractivity contribution < 1.29 is 4.79 Å². The SMILES string of the molecule is Cc1cc(CCC(=O)Nc2c(C)n[nH]c2C)nc(C2CCCNC2)n1. The Morgan fingerprint density at radius 3 is 2.84 bits per heavy atom. The standard InChI is InChI=1S/C18H26N6O/c1-11-9-15(21-18(20-11)14-5-4-8-19-10-14)6-7-16(25)22-17-12(2)23-24-13(17)3/h9,14,19H,4-8,10H2,1-3H3,(H,22,25)(H,23,24). The summed E-state index contributed by atoms with van der Waals surface area (Å²) in [5.74, 6) is 1.26. The predicted octanol–water partition coefficient (Wildman–Crippen LogP) is 2.16. The fraction of sp³-hybridized carbons (Fsp3) is 0.556. The number of hydrogen-bond acceptors (Lipinski definition) is 5. The number of rotatable bonds is 5. The normalized spacial score (nSPS) is 17.5. The number of aryl methyl sites for hydroxylation is 4. The van der Waals surface area contributed by atoms with Crippen LogP contribution < -0.4 is 10.6 Å². The summed E-state index contributed by atoms with van der Waals surface area (Å²) < 4.78 is 0. The number of aromatic nitrogens is 4. The van der Waals surface area contributed by atoms with E-state index in [1.54, 1.807) is 0 Å². The molecule has 2 aromatic heterocycles. The zero-order valence-electron chi connectivity index (χ0n) is 15.1. The minimum atomic E-state index is -0.0234. The summed E-state index contributed by atoms with van der Waals surface area (Å²) in [6, 6.07) is 1.97. The topological polar surface area (TPSA) is 95.6 Å². The summed E-state index contributed by atoms with van der Waals surface area (Å²) in [6.45, 7) is 7.76. The van der Waals surface area contributed by atoms with Crippen molar-refractivity contribution in [2.45, 2.75) is 52.4 Å². The van der Waals surface area contributed by atoms with E-state index in [2.05, 4.69) is 25.8 Å². The molecular formula is C18H26N6O. The summed E-state index contributed by atoms with van der Waals surface area (Å²) in [7, 11) is 0. The number of carbonyl (C=O) groups is 1. The van der Waals surface area contributed by atoms with Crippen molar-refractivity contribution >= 4 is 11.6 Å². The summed E-state index contributed by atoms with van der Waals surface area (Å²) in [6.07, 6.45) is 3.28. The van der Waals surface area contributed by atoms with Gasteiger partial charge in [0.05, 0.1) is 17.1 Å². The van der Waals surface area contributed by atoms with Crippen molar-refractivity contribution in [3.63, 3.8) is 0 Å². The van der Waals surface area contributed by atoms with Crippen molar-refractivity contribution in [3.05, 3.63) is 34.7 Å². The fourth-order valence-electron chi connectivity index (χ4n) is 3.22. The summed E-state index contributed by atoms with van der Waals surface area (Å²) in [4.78, 5) is 21.6. The first-order chi connectivity index (χ1) is 12.0. The third kappa shape index (κ3) is 4.42. The molecule has 3 heterocycles. The second-order valence-electron chi connectivity index (χ2n) is 6.76. The van der Waals surface area contributed by atoms with Crippen LogP contribution in [-0.2, 0) is 11.2 Å². The Bertz CT molecular complexity index is 729. The number of amides is 1. The molecule has 1 aliphatic rings. The number of piperidine rings is 1. The number of anilines is 1. The molecule has 1 fully saturated rings. The van der Waals surface area contributed by atoms with Crippen LogP contribution in [0.4, 0.5) is 5.69 Å². The highest BCUT2D eigenvalue weighted by Gasteiger charge is 2.19. The second-order valence-corrected chi connectivity index (χ2v) is 6.76. The molecule has 1 unspecified atom stereocenters. The largest absolute Gasteiger partial charge is 0.323 e. The molecular weight excluding hydrogens is 316 g/mol. The summed E-state index contributed by atoms with van der Waals surface area (Å²) in [5, 5.41) is 13.3. The molecule has 0 radical (unpaired) electrons. The van der Waals surface area contributed by atoms with Crippen LogP contribution >= 0.6 is 0 Å². The molecule has 0 bridgehead atoms. The Labute approximate surface area is 148 Å². The molecule has 3 N–H and O–H groups in total. The van der Waals surface area contributed by atoms with Crippen LogP contribution in [0.25, 0.3) is 0 Å². The van der Waals surface area contributed by atoms with Gasteiger partial charge in [-0.25, -0.2) is 9.97 Å². The molecule has 1 saturated heterocycles. The molecule has 2 aromatic rings. The van der Waals surface area contributed by atoms with E-state index in [0.29, 0.717) is 18.8 Å². The maximum Gasteiger partial charge on any atom is 0.224 e. The van der Waals surface area contributed by atoms with Crippen LogP contribution in [0.5, 0.6) is 0 Å². The lowest BCUT2D eigenvalue weighted by atomic mass is 9.98. The van der Waals surface area contributed by atoms with Gasteiger partial charge < -0.3 is 10.6 Å². The van der Waals surface area contributed by atoms with Gasteiger partial charge in [0.2, 0.25) is 5.91 Å². The Morgan fingerprint density at radius 2 is 2.16 bits per heavy atom. The van der Waals surface area contributed by atoms with E-state index in [9.17, 15) is 4.79 Å². The molecule has 0 aromatic carbocycles. The van der Waals surface area contributed by atoms with Crippen LogP contribution in [-0.4, -0.2) is 39.2 Å². The molecule has 7 heteroatoms. The third-order valence-electron chi connectivity index (χ3n) is 4.59. The Balaban J connectivity index is 1.62. The zero-order chi connectivity index (χ0) is 17.8. The monoisotopic (exact) mass is 342 g/mol. The van der Waals surface area contributed by atoms with Gasteiger partial charge >= 0.3 is 0 Å². The van der Waals surface area contributed by atoms with Crippen LogP contribution in [0, 0.1) is 20.8 Å². The molecule has 0 spiro atoms. The van der Waals surface area contributed by atoms with E-state index < -0.39 is 0 Å². The van der Waals surface area contributed by atoms with Gasteiger partial charge in [0.1, 0.15) is 5.82 Å². The average molecular weight is 342 g/mol. The van der Waals surface area contributed by atoms with E-state index in [1.165, 1.54) is 0 Å². The Hall–Kier alpha value is -2.28. The number of hydrogen-bond donors (Lipinski definition) is 3. The van der Waals surface area contributed by atoms with Crippen molar-refractivity contribution in [1.29, 1.82) is 0 Å². The fourth-order valence-corrected chi connectivity index (χ4v) is 3.22. The molecule has 3 rings (SSSR count). The molecule has 134 valence electrons. The number of aromatic amines is 1. The van der Waals surface area contributed by atoms with Gasteiger partial charge in [0, 0.05) is 30.3 Å². The molecule has 7 nitrogen and oxygen atoms in total. The highest BCUT2D eigenvalue weighted by atomic mass is 16.1. The molecule has 0 saturated carbocycles. The lowest BCUT2D eigenvalue weighted by Gasteiger charge is -2.22. The van der Waals surface area contributed by atoms with E-state index in [1.807, 2.05) is 26.8 Å². The Kier molecular flexibility index (Phi) is 5.43. The number of nitrogens with one attached hydrogen (secondary N) is 3. The van der Waals surface area contributed by atoms with Gasteiger partial charge in [-0.15, -0.1) is 0 Å². The average Bonchev–Trinajstić information content (AvgIpc) is 2.92. The van der Waals surface area contributed by atoms with E-state index in [0.717, 1.165) is 60.2 Å². The third-order valence-corrected chi connectivity index (χ3v) is 4.59. The first-order valence-electron chi connectivity index (χ1n) is 8.89. The first-order valence-corrected chi connectivity index (χ1v) is 8.89. The quantitative estimate of drug-likeness (QED) is 0.774. The maximum absolute atomic E-state index is 12.3. The van der Waals surface area contributed by atoms with Gasteiger partial charge in [-0.1, -0.05) is 0 Å². The molecule has 25 heavy (non-hydrogen) atoms. The van der Waals surface area contributed by atoms with E-state index in [-0.39, 0.29) is 5.91 Å². The lowest BCUT2D eigenvalue weighted by molar-refractivity contribution is -0.116. The van der Waals surface area contributed by atoms with Crippen LogP contribution in [0.2, 0.25) is 0 Å². The van der Waals surface area contributed by atoms with Crippen LogP contribution in [0.1, 0.15) is 53.8 Å². The lowest BCUT2D eigenvalue weighted by Crippen LogP contribution is -2.29. The summed E-state index contributed by atoms with van der Waals surface area (Å²) in [5.41, 5.74) is 4.35. The highest BCUT2D eigenvalue weighted by Crippen LogP contribution is 2.21. The molecule has 1 amide bonds. The molecule has 1 atom stereocenters. The molecule has 0 aliphatic carbocycles. The highest BCUT2D eigenvalue weighted by molar-refractivity contribution is 5.91. The first kappa shape index (κ1) is 17.5. The van der Waals surface area contributed by atoms with Gasteiger partial charge in [0.15, 0.2) is 0 Å². The minimum absolute atomic E-state index is 0.0234. The van der Waals surface area contributed by atoms with Crippen molar-refractivity contribution in [3.8, 4) is 0 Å². The maximum atomic E-state index is 12.3. The summed E-state index contributed by atoms with van der Waals surface area (Å²) >= 11 is 0. The van der Waals surface area contributed by atoms with Gasteiger partial charge in [-0.2, -0.15) is 5.10 Å². The van der Waals surface area contributed by atoms with Crippen molar-refractivity contribution in [2.75, 3.05) is 18.4 Å². The number of H-pyrrole nitrogens is 1. The van der Waals surface area contributed by atoms with E-state index >= 15 is 0 Å². The second kappa shape index (κ2) is 7.74. The van der Waals surface area contributed by atoms with Gasteiger partial charge in [-0.05, 0) is 52.6 Å². The number of nitrogens with zero attached hydrogens (tertiary/aromatic N) is 3. The van der Waals surface area contributed by atoms with Gasteiger partial charge in [-0.3, -0.25) is 9.89 Å². The van der Waals surface area contributed by atoms with Gasteiger partial charge in [0.25, 0.3) is 0 Å². The predicted molar refractivity (Wildman–Crippen MR) is 96.6 cm³/mol. The zero-order valence-corrected chi connectivity index (χ0v) is 15.1. The van der Waals surface area contributed by atoms with E-state index in [4.69, 9.17) is 4.98 Å². The molecule has 1 aliphatic heterocycles. The van der Waals surface area contributed by atoms with Crippen molar-refractivity contribution in [1.82, 2.24) is 25.5 Å². The Morgan fingerprint density at radius 1 is 1.32 bits per heavy atom. The minimum Gasteiger partial charge on any atom is -0.323 e. The van der Waals surface area contributed by atoms with Crippen LogP contribution in [0.3, 0.4) is 0 Å². The van der Waals surface area contributed by atoms with Crippen molar-refractivity contribution in [2.24, 2.45) is 0 Å². The smallest absolute Gasteiger partial charge is 0.224 e. The van der Waals surface area contributed by atoms with Crippen LogP contribution in [0.15, 0.2) is 6.07 Å². The number of carbonyl (C=O) groups excluding carboxylic acids is 1.